The number of carbonyl (C=O) groups excluding carboxylic acids is 2. The zero-order valence-electron chi connectivity index (χ0n) is 11.3. The fraction of sp³-hybridized carbons (Fsp3) is 0.357. The Labute approximate surface area is 116 Å². The van der Waals surface area contributed by atoms with Gasteiger partial charge < -0.3 is 15.7 Å². The molecule has 0 aromatic heterocycles. The molecule has 1 aromatic carbocycles. The number of benzene rings is 1. The zero-order valence-corrected chi connectivity index (χ0v) is 11.3. The van der Waals surface area contributed by atoms with Crippen LogP contribution in [0.1, 0.15) is 25.3 Å². The van der Waals surface area contributed by atoms with E-state index >= 15 is 0 Å². The Kier molecular flexibility index (Phi) is 3.48. The number of hydrogen-bond donors (Lipinski definition) is 3. The first-order valence-corrected chi connectivity index (χ1v) is 6.28. The molecule has 0 radical (unpaired) electrons. The smallest absolute Gasteiger partial charge is 0.319 e. The lowest BCUT2D eigenvalue weighted by Crippen LogP contribution is -2.31. The molecule has 3 N–H and O–H groups in total. The molecule has 1 saturated carbocycles. The Hall–Kier alpha value is -2.37. The van der Waals surface area contributed by atoms with E-state index in [0.29, 0.717) is 24.2 Å². The van der Waals surface area contributed by atoms with Gasteiger partial charge in [-0.05, 0) is 37.5 Å². The van der Waals surface area contributed by atoms with E-state index in [1.807, 2.05) is 6.92 Å². The summed E-state index contributed by atoms with van der Waals surface area (Å²) < 4.78 is 0. The monoisotopic (exact) mass is 276 g/mol. The van der Waals surface area contributed by atoms with Gasteiger partial charge in [0.05, 0.1) is 0 Å². The van der Waals surface area contributed by atoms with Gasteiger partial charge in [-0.15, -0.1) is 0 Å². The van der Waals surface area contributed by atoms with E-state index in [2.05, 4.69) is 10.6 Å². The highest BCUT2D eigenvalue weighted by molar-refractivity contribution is 6.11. The fourth-order valence-corrected chi connectivity index (χ4v) is 1.94. The fourth-order valence-electron chi connectivity index (χ4n) is 1.94. The highest BCUT2D eigenvalue weighted by atomic mass is 16.4. The summed E-state index contributed by atoms with van der Waals surface area (Å²) in [5.41, 5.74) is 0.643. The maximum absolute atomic E-state index is 12.0. The van der Waals surface area contributed by atoms with Crippen molar-refractivity contribution in [2.75, 3.05) is 10.6 Å². The van der Waals surface area contributed by atoms with Gasteiger partial charge in [-0.2, -0.15) is 0 Å². The average Bonchev–Trinajstić information content (AvgIpc) is 3.14. The topological polar surface area (TPSA) is 95.5 Å². The van der Waals surface area contributed by atoms with Crippen LogP contribution in [0.25, 0.3) is 0 Å². The molecule has 0 spiro atoms. The molecule has 1 aliphatic rings. The zero-order chi connectivity index (χ0) is 14.9. The lowest BCUT2D eigenvalue weighted by Gasteiger charge is -2.13. The third-order valence-electron chi connectivity index (χ3n) is 3.40. The van der Waals surface area contributed by atoms with E-state index in [4.69, 9.17) is 5.11 Å². The molecule has 1 aromatic rings. The molecule has 0 bridgehead atoms. The van der Waals surface area contributed by atoms with Crippen molar-refractivity contribution < 1.29 is 19.5 Å². The van der Waals surface area contributed by atoms with Crippen LogP contribution in [0, 0.1) is 12.3 Å². The summed E-state index contributed by atoms with van der Waals surface area (Å²) in [4.78, 5) is 34.1. The Morgan fingerprint density at radius 2 is 1.85 bits per heavy atom. The molecule has 6 heteroatoms. The van der Waals surface area contributed by atoms with Gasteiger partial charge in [-0.25, -0.2) is 0 Å². The molecule has 20 heavy (non-hydrogen) atoms. The molecule has 0 saturated heterocycles. The first-order chi connectivity index (χ1) is 9.35. The SMILES string of the molecule is CC(=O)Nc1cc(NC(=O)C2(C(=O)O)CC2)ccc1C. The van der Waals surface area contributed by atoms with Crippen LogP contribution >= 0.6 is 0 Å². The summed E-state index contributed by atoms with van der Waals surface area (Å²) >= 11 is 0. The third kappa shape index (κ3) is 2.64. The molecular weight excluding hydrogens is 260 g/mol. The Morgan fingerprint density at radius 3 is 2.35 bits per heavy atom. The van der Waals surface area contributed by atoms with Crippen molar-refractivity contribution in [3.63, 3.8) is 0 Å². The van der Waals surface area contributed by atoms with Crippen LogP contribution in [0.4, 0.5) is 11.4 Å². The van der Waals surface area contributed by atoms with E-state index in [1.54, 1.807) is 18.2 Å². The van der Waals surface area contributed by atoms with Gasteiger partial charge in [0, 0.05) is 18.3 Å². The summed E-state index contributed by atoms with van der Waals surface area (Å²) in [6, 6.07) is 5.05. The highest BCUT2D eigenvalue weighted by Gasteiger charge is 2.57. The molecule has 0 aliphatic heterocycles. The quantitative estimate of drug-likeness (QED) is 0.730. The second-order valence-electron chi connectivity index (χ2n) is 5.05. The summed E-state index contributed by atoms with van der Waals surface area (Å²) in [6.07, 6.45) is 0.719. The first-order valence-electron chi connectivity index (χ1n) is 6.28. The number of hydrogen-bond acceptors (Lipinski definition) is 3. The minimum atomic E-state index is -1.28. The van der Waals surface area contributed by atoms with Gasteiger partial charge in [0.15, 0.2) is 0 Å². The van der Waals surface area contributed by atoms with Gasteiger partial charge in [-0.1, -0.05) is 6.07 Å². The van der Waals surface area contributed by atoms with Gasteiger partial charge in [0.1, 0.15) is 5.41 Å². The normalized spacial score (nSPS) is 15.3. The average molecular weight is 276 g/mol. The van der Waals surface area contributed by atoms with Gasteiger partial charge in [0.25, 0.3) is 0 Å². The van der Waals surface area contributed by atoms with Crippen LogP contribution in [-0.2, 0) is 14.4 Å². The summed E-state index contributed by atoms with van der Waals surface area (Å²) in [5.74, 6) is -1.81. The van der Waals surface area contributed by atoms with E-state index in [9.17, 15) is 14.4 Å². The minimum absolute atomic E-state index is 0.208. The number of carboxylic acid groups (broad SMARTS) is 1. The van der Waals surface area contributed by atoms with Gasteiger partial charge in [-0.3, -0.25) is 14.4 Å². The van der Waals surface area contributed by atoms with Gasteiger partial charge >= 0.3 is 5.97 Å². The van der Waals surface area contributed by atoms with Crippen LogP contribution in [0.5, 0.6) is 0 Å². The van der Waals surface area contributed by atoms with Crippen LogP contribution in [0.15, 0.2) is 18.2 Å². The number of rotatable bonds is 4. The molecule has 6 nitrogen and oxygen atoms in total. The van der Waals surface area contributed by atoms with E-state index in [0.717, 1.165) is 5.56 Å². The maximum atomic E-state index is 12.0. The predicted molar refractivity (Wildman–Crippen MR) is 73.4 cm³/mol. The molecule has 2 amide bonds. The predicted octanol–water partition coefficient (Wildman–Crippen LogP) is 1.76. The van der Waals surface area contributed by atoms with E-state index in [1.165, 1.54) is 6.92 Å². The van der Waals surface area contributed by atoms with Crippen molar-refractivity contribution in [3.05, 3.63) is 23.8 Å². The van der Waals surface area contributed by atoms with Crippen molar-refractivity contribution in [2.24, 2.45) is 5.41 Å². The molecule has 2 rings (SSSR count). The molecule has 1 aliphatic carbocycles. The number of carbonyl (C=O) groups is 3. The Morgan fingerprint density at radius 1 is 1.20 bits per heavy atom. The van der Waals surface area contributed by atoms with Crippen LogP contribution < -0.4 is 10.6 Å². The number of amides is 2. The number of carboxylic acids is 1. The van der Waals surface area contributed by atoms with Crippen molar-refractivity contribution in [1.29, 1.82) is 0 Å². The van der Waals surface area contributed by atoms with Crippen molar-refractivity contribution >= 4 is 29.2 Å². The first kappa shape index (κ1) is 14.0. The molecule has 0 unspecified atom stereocenters. The second-order valence-corrected chi connectivity index (χ2v) is 5.05. The minimum Gasteiger partial charge on any atom is -0.480 e. The van der Waals surface area contributed by atoms with Crippen LogP contribution in [0.2, 0.25) is 0 Å². The summed E-state index contributed by atoms with van der Waals surface area (Å²) in [5, 5.41) is 14.3. The van der Waals surface area contributed by atoms with Crippen molar-refractivity contribution in [1.82, 2.24) is 0 Å². The van der Waals surface area contributed by atoms with Crippen molar-refractivity contribution in [3.8, 4) is 0 Å². The highest BCUT2D eigenvalue weighted by Crippen LogP contribution is 2.46. The summed E-state index contributed by atoms with van der Waals surface area (Å²) in [7, 11) is 0. The Bertz CT molecular complexity index is 591. The number of nitrogens with one attached hydrogen (secondary N) is 2. The molecule has 1 fully saturated rings. The molecule has 0 atom stereocenters. The lowest BCUT2D eigenvalue weighted by atomic mass is 10.1. The summed E-state index contributed by atoms with van der Waals surface area (Å²) in [6.45, 7) is 3.23. The van der Waals surface area contributed by atoms with Crippen LogP contribution in [-0.4, -0.2) is 22.9 Å². The Balaban J connectivity index is 2.16. The molecular formula is C14H16N2O4. The standard InChI is InChI=1S/C14H16N2O4/c1-8-3-4-10(7-11(8)15-9(2)17)16-12(18)14(5-6-14)13(19)20/h3-4,7H,5-6H2,1-2H3,(H,15,17)(H,16,18)(H,19,20). The molecule has 0 heterocycles. The van der Waals surface area contributed by atoms with E-state index < -0.39 is 17.3 Å². The third-order valence-corrected chi connectivity index (χ3v) is 3.40. The van der Waals surface area contributed by atoms with Crippen LogP contribution in [0.3, 0.4) is 0 Å². The number of anilines is 2. The second kappa shape index (κ2) is 4.96. The lowest BCUT2D eigenvalue weighted by molar-refractivity contribution is -0.147. The number of aliphatic carboxylic acids is 1. The number of aryl methyl sites for hydroxylation is 1. The maximum Gasteiger partial charge on any atom is 0.319 e. The molecule has 106 valence electrons. The van der Waals surface area contributed by atoms with Crippen molar-refractivity contribution in [2.45, 2.75) is 26.7 Å². The van der Waals surface area contributed by atoms with E-state index in [-0.39, 0.29) is 5.91 Å². The largest absolute Gasteiger partial charge is 0.480 e. The van der Waals surface area contributed by atoms with Gasteiger partial charge in [0.2, 0.25) is 11.8 Å².